The molecule has 1 amide bonds. The molecule has 0 unspecified atom stereocenters. The summed E-state index contributed by atoms with van der Waals surface area (Å²) in [4.78, 5) is 33.0. The van der Waals surface area contributed by atoms with Gasteiger partial charge in [-0.05, 0) is 24.3 Å². The number of H-pyrrole nitrogens is 1. The van der Waals surface area contributed by atoms with Crippen molar-refractivity contribution in [2.24, 2.45) is 0 Å². The number of carbonyl (C=O) groups is 1. The summed E-state index contributed by atoms with van der Waals surface area (Å²) in [6.07, 6.45) is 0. The molecule has 0 saturated heterocycles. The minimum Gasteiger partial charge on any atom is -0.486 e. The lowest BCUT2D eigenvalue weighted by Crippen LogP contribution is -2.20. The van der Waals surface area contributed by atoms with E-state index in [1.54, 1.807) is 36.4 Å². The molecule has 5 aromatic rings. The Morgan fingerprint density at radius 2 is 1.76 bits per heavy atom. The third-order valence-electron chi connectivity index (χ3n) is 5.43. The standard InChI is InChI=1S/C25H17N3O5/c29-24(17-11-14-4-1-2-7-20(14)33-25(17)30)26-16-6-3-5-15(10-16)23-27-18-12-21-22(13-19(18)28-23)32-9-8-31-21/h1-7,10-13H,8-9H2,(H,26,29)(H,27,28). The van der Waals surface area contributed by atoms with E-state index in [1.807, 2.05) is 24.3 Å². The summed E-state index contributed by atoms with van der Waals surface area (Å²) in [5.74, 6) is 1.44. The second kappa shape index (κ2) is 7.52. The van der Waals surface area contributed by atoms with E-state index in [-0.39, 0.29) is 5.56 Å². The van der Waals surface area contributed by atoms with Gasteiger partial charge in [0, 0.05) is 28.8 Å². The molecule has 0 fully saturated rings. The predicted molar refractivity (Wildman–Crippen MR) is 123 cm³/mol. The Bertz CT molecular complexity index is 1560. The molecule has 2 aromatic heterocycles. The molecule has 0 aliphatic carbocycles. The first-order valence-corrected chi connectivity index (χ1v) is 10.4. The highest BCUT2D eigenvalue weighted by Crippen LogP contribution is 2.35. The molecule has 3 aromatic carbocycles. The number of benzene rings is 3. The second-order valence-corrected chi connectivity index (χ2v) is 7.62. The monoisotopic (exact) mass is 439 g/mol. The second-order valence-electron chi connectivity index (χ2n) is 7.62. The summed E-state index contributed by atoms with van der Waals surface area (Å²) in [5.41, 5.74) is 2.55. The molecule has 1 aliphatic heterocycles. The number of aromatic nitrogens is 2. The Morgan fingerprint density at radius 1 is 0.939 bits per heavy atom. The highest BCUT2D eigenvalue weighted by molar-refractivity contribution is 6.05. The maximum atomic E-state index is 12.8. The fourth-order valence-corrected chi connectivity index (χ4v) is 3.85. The van der Waals surface area contributed by atoms with Gasteiger partial charge in [-0.1, -0.05) is 30.3 Å². The minimum absolute atomic E-state index is 0.0616. The highest BCUT2D eigenvalue weighted by atomic mass is 16.6. The number of para-hydroxylation sites is 1. The number of imidazole rings is 1. The van der Waals surface area contributed by atoms with E-state index in [1.165, 1.54) is 6.07 Å². The first-order valence-electron chi connectivity index (χ1n) is 10.4. The van der Waals surface area contributed by atoms with Crippen molar-refractivity contribution < 1.29 is 18.7 Å². The van der Waals surface area contributed by atoms with Crippen LogP contribution in [0.15, 0.2) is 75.9 Å². The van der Waals surface area contributed by atoms with Gasteiger partial charge in [-0.15, -0.1) is 0 Å². The number of anilines is 1. The Morgan fingerprint density at radius 3 is 2.64 bits per heavy atom. The summed E-state index contributed by atoms with van der Waals surface area (Å²) in [6, 6.07) is 19.5. The molecule has 8 nitrogen and oxygen atoms in total. The zero-order valence-corrected chi connectivity index (χ0v) is 17.3. The Labute approximate surface area is 186 Å². The number of amides is 1. The smallest absolute Gasteiger partial charge is 0.349 e. The summed E-state index contributed by atoms with van der Waals surface area (Å²) < 4.78 is 16.5. The van der Waals surface area contributed by atoms with Crippen molar-refractivity contribution in [1.82, 2.24) is 9.97 Å². The number of aromatic amines is 1. The molecule has 0 spiro atoms. The normalized spacial score (nSPS) is 12.7. The van der Waals surface area contributed by atoms with E-state index in [0.717, 1.165) is 16.6 Å². The van der Waals surface area contributed by atoms with Crippen LogP contribution in [0, 0.1) is 0 Å². The van der Waals surface area contributed by atoms with Crippen molar-refractivity contribution in [3.63, 3.8) is 0 Å². The molecule has 1 aliphatic rings. The van der Waals surface area contributed by atoms with E-state index in [9.17, 15) is 9.59 Å². The number of rotatable bonds is 3. The van der Waals surface area contributed by atoms with Crippen LogP contribution in [0.1, 0.15) is 10.4 Å². The number of hydrogen-bond acceptors (Lipinski definition) is 6. The summed E-state index contributed by atoms with van der Waals surface area (Å²) in [6.45, 7) is 1.02. The molecule has 6 rings (SSSR count). The summed E-state index contributed by atoms with van der Waals surface area (Å²) in [7, 11) is 0. The lowest BCUT2D eigenvalue weighted by molar-refractivity contribution is 0.102. The van der Waals surface area contributed by atoms with Crippen LogP contribution >= 0.6 is 0 Å². The van der Waals surface area contributed by atoms with Gasteiger partial charge in [0.05, 0.1) is 11.0 Å². The van der Waals surface area contributed by atoms with Gasteiger partial charge < -0.3 is 24.2 Å². The van der Waals surface area contributed by atoms with Gasteiger partial charge in [0.1, 0.15) is 30.2 Å². The van der Waals surface area contributed by atoms with Gasteiger partial charge >= 0.3 is 5.63 Å². The zero-order chi connectivity index (χ0) is 22.4. The topological polar surface area (TPSA) is 106 Å². The predicted octanol–water partition coefficient (Wildman–Crippen LogP) is 4.36. The lowest BCUT2D eigenvalue weighted by Gasteiger charge is -2.17. The quantitative estimate of drug-likeness (QED) is 0.405. The fraction of sp³-hybridized carbons (Fsp3) is 0.0800. The van der Waals surface area contributed by atoms with Crippen molar-refractivity contribution >= 4 is 33.6 Å². The number of hydrogen-bond donors (Lipinski definition) is 2. The largest absolute Gasteiger partial charge is 0.486 e. The fourth-order valence-electron chi connectivity index (χ4n) is 3.85. The molecule has 0 saturated carbocycles. The number of fused-ring (bicyclic) bond motifs is 3. The molecular weight excluding hydrogens is 422 g/mol. The first kappa shape index (κ1) is 19.1. The maximum Gasteiger partial charge on any atom is 0.349 e. The van der Waals surface area contributed by atoms with Crippen molar-refractivity contribution in [3.8, 4) is 22.9 Å². The van der Waals surface area contributed by atoms with Crippen molar-refractivity contribution in [1.29, 1.82) is 0 Å². The van der Waals surface area contributed by atoms with Crippen LogP contribution in [-0.2, 0) is 0 Å². The van der Waals surface area contributed by atoms with Gasteiger partial charge in [-0.3, -0.25) is 4.79 Å². The van der Waals surface area contributed by atoms with E-state index in [4.69, 9.17) is 13.9 Å². The van der Waals surface area contributed by atoms with E-state index >= 15 is 0 Å². The lowest BCUT2D eigenvalue weighted by atomic mass is 10.1. The molecule has 0 atom stereocenters. The first-order chi connectivity index (χ1) is 16.1. The number of carbonyl (C=O) groups excluding carboxylic acids is 1. The maximum absolute atomic E-state index is 12.8. The summed E-state index contributed by atoms with van der Waals surface area (Å²) >= 11 is 0. The van der Waals surface area contributed by atoms with Crippen LogP contribution < -0.4 is 20.4 Å². The van der Waals surface area contributed by atoms with Gasteiger partial charge in [-0.2, -0.15) is 0 Å². The van der Waals surface area contributed by atoms with Crippen LogP contribution in [0.2, 0.25) is 0 Å². The molecule has 0 radical (unpaired) electrons. The van der Waals surface area contributed by atoms with Gasteiger partial charge in [0.15, 0.2) is 11.5 Å². The third-order valence-corrected chi connectivity index (χ3v) is 5.43. The van der Waals surface area contributed by atoms with Crippen molar-refractivity contribution in [2.45, 2.75) is 0 Å². The third kappa shape index (κ3) is 3.47. The van der Waals surface area contributed by atoms with Crippen LogP contribution in [0.4, 0.5) is 5.69 Å². The highest BCUT2D eigenvalue weighted by Gasteiger charge is 2.17. The average molecular weight is 439 g/mol. The number of nitrogens with zero attached hydrogens (tertiary/aromatic N) is 1. The molecule has 3 heterocycles. The Hall–Kier alpha value is -4.59. The van der Waals surface area contributed by atoms with Gasteiger partial charge in [0.25, 0.3) is 5.91 Å². The van der Waals surface area contributed by atoms with Crippen molar-refractivity contribution in [3.05, 3.63) is 82.7 Å². The number of ether oxygens (including phenoxy) is 2. The van der Waals surface area contributed by atoms with Crippen LogP contribution in [0.5, 0.6) is 11.5 Å². The Balaban J connectivity index is 1.31. The average Bonchev–Trinajstić information content (AvgIpc) is 3.25. The minimum atomic E-state index is -0.687. The molecular formula is C25H17N3O5. The molecule has 8 heteroatoms. The molecule has 2 N–H and O–H groups in total. The number of nitrogens with one attached hydrogen (secondary N) is 2. The SMILES string of the molecule is O=C(Nc1cccc(-c2nc3cc4c(cc3[nH]2)OCCO4)c1)c1cc2ccccc2oc1=O. The van der Waals surface area contributed by atoms with Crippen molar-refractivity contribution in [2.75, 3.05) is 18.5 Å². The van der Waals surface area contributed by atoms with Gasteiger partial charge in [0.2, 0.25) is 0 Å². The van der Waals surface area contributed by atoms with E-state index < -0.39 is 11.5 Å². The van der Waals surface area contributed by atoms with Crippen LogP contribution in [-0.4, -0.2) is 29.1 Å². The zero-order valence-electron chi connectivity index (χ0n) is 17.3. The van der Waals surface area contributed by atoms with Gasteiger partial charge in [-0.25, -0.2) is 9.78 Å². The summed E-state index contributed by atoms with van der Waals surface area (Å²) in [5, 5.41) is 3.45. The Kier molecular flexibility index (Phi) is 4.36. The van der Waals surface area contributed by atoms with Crippen LogP contribution in [0.25, 0.3) is 33.4 Å². The van der Waals surface area contributed by atoms with E-state index in [0.29, 0.717) is 47.2 Å². The van der Waals surface area contributed by atoms with Crippen LogP contribution in [0.3, 0.4) is 0 Å². The molecule has 33 heavy (non-hydrogen) atoms. The molecule has 0 bridgehead atoms. The molecule has 162 valence electrons. The van der Waals surface area contributed by atoms with E-state index in [2.05, 4.69) is 15.3 Å².